The van der Waals surface area contributed by atoms with Gasteiger partial charge in [0.15, 0.2) is 0 Å². The predicted molar refractivity (Wildman–Crippen MR) is 76.8 cm³/mol. The average molecular weight is 300 g/mol. The summed E-state index contributed by atoms with van der Waals surface area (Å²) < 4.78 is 6.49. The third-order valence-corrected chi connectivity index (χ3v) is 3.29. The molecule has 1 aromatic carbocycles. The molecule has 1 rings (SSSR count). The van der Waals surface area contributed by atoms with Gasteiger partial charge in [-0.25, -0.2) is 0 Å². The average Bonchev–Trinajstić information content (AvgIpc) is 2.34. The molecule has 0 heterocycles. The molecule has 0 unspecified atom stereocenters. The number of hydrogen-bond acceptors (Lipinski definition) is 2. The summed E-state index contributed by atoms with van der Waals surface area (Å²) in [4.78, 5) is 0. The summed E-state index contributed by atoms with van der Waals surface area (Å²) in [6.07, 6.45) is 4.83. The Hall–Kier alpha value is -0.540. The minimum absolute atomic E-state index is 1.000. The van der Waals surface area contributed by atoms with Gasteiger partial charge in [-0.3, -0.25) is 0 Å². The monoisotopic (exact) mass is 299 g/mol. The van der Waals surface area contributed by atoms with Gasteiger partial charge in [-0.05, 0) is 56.1 Å². The summed E-state index contributed by atoms with van der Waals surface area (Å²) in [5.41, 5.74) is 1.30. The Morgan fingerprint density at radius 2 is 2.06 bits per heavy atom. The minimum atomic E-state index is 1.000. The fraction of sp³-hybridized carbons (Fsp3) is 0.571. The van der Waals surface area contributed by atoms with Crippen LogP contribution in [-0.4, -0.2) is 20.2 Å². The maximum absolute atomic E-state index is 5.36. The highest BCUT2D eigenvalue weighted by Crippen LogP contribution is 2.24. The number of unbranched alkanes of at least 4 members (excludes halogenated alkanes) is 2. The van der Waals surface area contributed by atoms with Crippen LogP contribution in [0.5, 0.6) is 5.75 Å². The second kappa shape index (κ2) is 8.54. The van der Waals surface area contributed by atoms with Gasteiger partial charge in [-0.1, -0.05) is 29.3 Å². The van der Waals surface area contributed by atoms with Crippen molar-refractivity contribution in [3.05, 3.63) is 28.2 Å². The summed E-state index contributed by atoms with van der Waals surface area (Å²) in [5.74, 6) is 1.000. The van der Waals surface area contributed by atoms with E-state index in [-0.39, 0.29) is 0 Å². The molecule has 2 nitrogen and oxygen atoms in total. The van der Waals surface area contributed by atoms with E-state index in [0.717, 1.165) is 29.7 Å². The van der Waals surface area contributed by atoms with E-state index in [1.54, 1.807) is 7.11 Å². The molecule has 17 heavy (non-hydrogen) atoms. The largest absolute Gasteiger partial charge is 0.496 e. The van der Waals surface area contributed by atoms with E-state index in [1.807, 2.05) is 12.1 Å². The number of hydrogen-bond donors (Lipinski definition) is 1. The summed E-state index contributed by atoms with van der Waals surface area (Å²) in [7, 11) is 1.73. The standard InChI is InChI=1S/C14H22BrNO/c1-3-16-10-6-4-5-7-12-11-13(15)8-9-14(12)17-2/h8-9,11,16H,3-7,10H2,1-2H3. The van der Waals surface area contributed by atoms with Crippen LogP contribution in [0.25, 0.3) is 0 Å². The van der Waals surface area contributed by atoms with Gasteiger partial charge in [0.25, 0.3) is 0 Å². The summed E-state index contributed by atoms with van der Waals surface area (Å²) in [6, 6.07) is 6.20. The molecule has 0 atom stereocenters. The van der Waals surface area contributed by atoms with Crippen molar-refractivity contribution in [3.8, 4) is 5.75 Å². The minimum Gasteiger partial charge on any atom is -0.496 e. The molecule has 0 aromatic heterocycles. The maximum Gasteiger partial charge on any atom is 0.122 e. The molecule has 0 aliphatic heterocycles. The van der Waals surface area contributed by atoms with E-state index in [1.165, 1.54) is 24.8 Å². The molecule has 1 aromatic rings. The Labute approximate surface area is 113 Å². The van der Waals surface area contributed by atoms with Gasteiger partial charge in [-0.2, -0.15) is 0 Å². The highest BCUT2D eigenvalue weighted by molar-refractivity contribution is 9.10. The van der Waals surface area contributed by atoms with Crippen molar-refractivity contribution in [2.45, 2.75) is 32.6 Å². The maximum atomic E-state index is 5.36. The summed E-state index contributed by atoms with van der Waals surface area (Å²) in [5, 5.41) is 3.35. The van der Waals surface area contributed by atoms with Gasteiger partial charge >= 0.3 is 0 Å². The van der Waals surface area contributed by atoms with E-state index >= 15 is 0 Å². The number of rotatable bonds is 8. The number of aryl methyl sites for hydroxylation is 1. The first-order chi connectivity index (χ1) is 8.27. The molecule has 0 saturated carbocycles. The van der Waals surface area contributed by atoms with Crippen LogP contribution in [0.1, 0.15) is 31.7 Å². The van der Waals surface area contributed by atoms with Gasteiger partial charge in [0.05, 0.1) is 7.11 Å². The molecule has 0 spiro atoms. The van der Waals surface area contributed by atoms with Gasteiger partial charge in [0.2, 0.25) is 0 Å². The van der Waals surface area contributed by atoms with E-state index in [2.05, 4.69) is 34.2 Å². The number of ether oxygens (including phenoxy) is 1. The summed E-state index contributed by atoms with van der Waals surface area (Å²) in [6.45, 7) is 4.35. The van der Waals surface area contributed by atoms with Crippen LogP contribution >= 0.6 is 15.9 Å². The summed E-state index contributed by atoms with van der Waals surface area (Å²) >= 11 is 3.50. The molecule has 0 saturated heterocycles. The smallest absolute Gasteiger partial charge is 0.122 e. The molecular formula is C14H22BrNO. The fourth-order valence-electron chi connectivity index (χ4n) is 1.86. The molecule has 0 fully saturated rings. The molecule has 1 N–H and O–H groups in total. The SMILES string of the molecule is CCNCCCCCc1cc(Br)ccc1OC. The van der Waals surface area contributed by atoms with Gasteiger partial charge < -0.3 is 10.1 Å². The first-order valence-corrected chi connectivity index (χ1v) is 7.10. The fourth-order valence-corrected chi connectivity index (χ4v) is 2.27. The van der Waals surface area contributed by atoms with Crippen molar-refractivity contribution in [3.63, 3.8) is 0 Å². The zero-order valence-corrected chi connectivity index (χ0v) is 12.3. The Morgan fingerprint density at radius 1 is 1.24 bits per heavy atom. The van der Waals surface area contributed by atoms with Crippen LogP contribution < -0.4 is 10.1 Å². The lowest BCUT2D eigenvalue weighted by molar-refractivity contribution is 0.408. The normalized spacial score (nSPS) is 10.5. The van der Waals surface area contributed by atoms with Gasteiger partial charge in [0.1, 0.15) is 5.75 Å². The zero-order chi connectivity index (χ0) is 12.5. The van der Waals surface area contributed by atoms with Crippen molar-refractivity contribution < 1.29 is 4.74 Å². The van der Waals surface area contributed by atoms with Crippen LogP contribution in [0.3, 0.4) is 0 Å². The Kier molecular flexibility index (Phi) is 7.29. The molecule has 3 heteroatoms. The first kappa shape index (κ1) is 14.5. The highest BCUT2D eigenvalue weighted by atomic mass is 79.9. The second-order valence-corrected chi connectivity index (χ2v) is 5.04. The first-order valence-electron chi connectivity index (χ1n) is 6.31. The van der Waals surface area contributed by atoms with Crippen LogP contribution in [0, 0.1) is 0 Å². The molecule has 0 bridgehead atoms. The molecular weight excluding hydrogens is 278 g/mol. The van der Waals surface area contributed by atoms with Crippen molar-refractivity contribution in [2.75, 3.05) is 20.2 Å². The van der Waals surface area contributed by atoms with Crippen molar-refractivity contribution in [1.29, 1.82) is 0 Å². The lowest BCUT2D eigenvalue weighted by Gasteiger charge is -2.09. The third-order valence-electron chi connectivity index (χ3n) is 2.79. The quantitative estimate of drug-likeness (QED) is 0.738. The number of benzene rings is 1. The van der Waals surface area contributed by atoms with Crippen molar-refractivity contribution >= 4 is 15.9 Å². The van der Waals surface area contributed by atoms with Crippen molar-refractivity contribution in [1.82, 2.24) is 5.32 Å². The molecule has 96 valence electrons. The molecule has 0 radical (unpaired) electrons. The number of halogens is 1. The van der Waals surface area contributed by atoms with E-state index in [9.17, 15) is 0 Å². The van der Waals surface area contributed by atoms with Gasteiger partial charge in [-0.15, -0.1) is 0 Å². The topological polar surface area (TPSA) is 21.3 Å². The lowest BCUT2D eigenvalue weighted by atomic mass is 10.1. The highest BCUT2D eigenvalue weighted by Gasteiger charge is 2.03. The Morgan fingerprint density at radius 3 is 2.76 bits per heavy atom. The number of nitrogens with one attached hydrogen (secondary N) is 1. The molecule has 0 aliphatic carbocycles. The van der Waals surface area contributed by atoms with Crippen molar-refractivity contribution in [2.24, 2.45) is 0 Å². The van der Waals surface area contributed by atoms with E-state index in [0.29, 0.717) is 0 Å². The van der Waals surface area contributed by atoms with Crippen LogP contribution in [-0.2, 0) is 6.42 Å². The van der Waals surface area contributed by atoms with Crippen LogP contribution in [0.4, 0.5) is 0 Å². The van der Waals surface area contributed by atoms with Crippen LogP contribution in [0.15, 0.2) is 22.7 Å². The van der Waals surface area contributed by atoms with Crippen LogP contribution in [0.2, 0.25) is 0 Å². The van der Waals surface area contributed by atoms with E-state index < -0.39 is 0 Å². The van der Waals surface area contributed by atoms with E-state index in [4.69, 9.17) is 4.74 Å². The lowest BCUT2D eigenvalue weighted by Crippen LogP contribution is -2.13. The number of methoxy groups -OCH3 is 1. The molecule has 0 aliphatic rings. The predicted octanol–water partition coefficient (Wildman–Crippen LogP) is 3.78. The Bertz CT molecular complexity index is 328. The third kappa shape index (κ3) is 5.55. The Balaban J connectivity index is 2.32. The second-order valence-electron chi connectivity index (χ2n) is 4.12. The molecule has 0 amide bonds. The van der Waals surface area contributed by atoms with Gasteiger partial charge in [0, 0.05) is 4.47 Å². The zero-order valence-electron chi connectivity index (χ0n) is 10.8.